The topological polar surface area (TPSA) is 49.7 Å². The molecule has 0 aromatic heterocycles. The van der Waals surface area contributed by atoms with Crippen molar-refractivity contribution in [2.24, 2.45) is 0 Å². The van der Waals surface area contributed by atoms with Gasteiger partial charge < -0.3 is 14.9 Å². The highest BCUT2D eigenvalue weighted by Gasteiger charge is 2.18. The largest absolute Gasteiger partial charge is 0.508 e. The number of phenols is 2. The molecule has 0 saturated heterocycles. The van der Waals surface area contributed by atoms with Gasteiger partial charge in [0.05, 0.1) is 0 Å². The van der Waals surface area contributed by atoms with Crippen LogP contribution >= 0.6 is 0 Å². The van der Waals surface area contributed by atoms with Crippen LogP contribution < -0.4 is 4.74 Å². The van der Waals surface area contributed by atoms with Crippen molar-refractivity contribution >= 4 is 5.76 Å². The Kier molecular flexibility index (Phi) is 2.45. The van der Waals surface area contributed by atoms with Gasteiger partial charge in [-0.25, -0.2) is 0 Å². The van der Waals surface area contributed by atoms with Crippen molar-refractivity contribution < 1.29 is 14.9 Å². The molecule has 0 atom stereocenters. The van der Waals surface area contributed by atoms with Crippen LogP contribution in [0.5, 0.6) is 17.2 Å². The van der Waals surface area contributed by atoms with Crippen LogP contribution in [0.15, 0.2) is 48.5 Å². The third-order valence-electron chi connectivity index (χ3n) is 2.94. The van der Waals surface area contributed by atoms with E-state index in [0.717, 1.165) is 11.3 Å². The second kappa shape index (κ2) is 4.11. The van der Waals surface area contributed by atoms with Crippen molar-refractivity contribution in [2.75, 3.05) is 0 Å². The summed E-state index contributed by atoms with van der Waals surface area (Å²) in [7, 11) is 0. The van der Waals surface area contributed by atoms with Gasteiger partial charge in [0.2, 0.25) is 0 Å². The van der Waals surface area contributed by atoms with Crippen LogP contribution in [-0.2, 0) is 6.42 Å². The summed E-state index contributed by atoms with van der Waals surface area (Å²) in [5.74, 6) is 1.32. The first-order chi connectivity index (χ1) is 8.74. The Morgan fingerprint density at radius 2 is 1.78 bits per heavy atom. The van der Waals surface area contributed by atoms with E-state index in [1.54, 1.807) is 0 Å². The predicted octanol–water partition coefficient (Wildman–Crippen LogP) is 3.07. The fourth-order valence-electron chi connectivity index (χ4n) is 2.05. The first-order valence-corrected chi connectivity index (χ1v) is 5.72. The molecular formula is C15H12O3. The minimum absolute atomic E-state index is 0.000520. The zero-order chi connectivity index (χ0) is 12.5. The summed E-state index contributed by atoms with van der Waals surface area (Å²) in [6, 6.07) is 12.6. The minimum Gasteiger partial charge on any atom is -0.508 e. The normalized spacial score (nSPS) is 13.4. The third-order valence-corrected chi connectivity index (χ3v) is 2.94. The van der Waals surface area contributed by atoms with Crippen LogP contribution in [0.4, 0.5) is 0 Å². The zero-order valence-corrected chi connectivity index (χ0v) is 9.63. The van der Waals surface area contributed by atoms with Crippen molar-refractivity contribution in [1.82, 2.24) is 0 Å². The number of phenolic OH excluding ortho intramolecular Hbond substituents is 2. The minimum atomic E-state index is 0.000520. The Morgan fingerprint density at radius 3 is 2.56 bits per heavy atom. The molecule has 1 aliphatic heterocycles. The fraction of sp³-hybridized carbons (Fsp3) is 0.0667. The van der Waals surface area contributed by atoms with Crippen LogP contribution in [0, 0.1) is 0 Å². The monoisotopic (exact) mass is 240 g/mol. The van der Waals surface area contributed by atoms with Gasteiger partial charge in [0, 0.05) is 29.7 Å². The summed E-state index contributed by atoms with van der Waals surface area (Å²) in [5, 5.41) is 19.2. The van der Waals surface area contributed by atoms with E-state index >= 15 is 0 Å². The molecule has 1 aliphatic rings. The van der Waals surface area contributed by atoms with E-state index in [-0.39, 0.29) is 11.5 Å². The second-order valence-electron chi connectivity index (χ2n) is 4.18. The molecule has 0 fully saturated rings. The average molecular weight is 240 g/mol. The molecular weight excluding hydrogens is 228 g/mol. The van der Waals surface area contributed by atoms with Gasteiger partial charge in [-0.1, -0.05) is 30.3 Å². The quantitative estimate of drug-likeness (QED) is 0.805. The highest BCUT2D eigenvalue weighted by atomic mass is 16.5. The van der Waals surface area contributed by atoms with Gasteiger partial charge in [-0.2, -0.15) is 0 Å². The van der Waals surface area contributed by atoms with E-state index in [1.165, 1.54) is 12.1 Å². The van der Waals surface area contributed by atoms with Gasteiger partial charge in [0.1, 0.15) is 23.0 Å². The van der Waals surface area contributed by atoms with Crippen molar-refractivity contribution in [1.29, 1.82) is 0 Å². The number of fused-ring (bicyclic) bond motifs is 1. The SMILES string of the molecule is Oc1cc(O)c2c(c1)OC(c1ccccc1)=CC2. The molecule has 0 unspecified atom stereocenters. The van der Waals surface area contributed by atoms with Gasteiger partial charge in [0.15, 0.2) is 0 Å². The van der Waals surface area contributed by atoms with Gasteiger partial charge in [-0.15, -0.1) is 0 Å². The van der Waals surface area contributed by atoms with Crippen LogP contribution in [0.3, 0.4) is 0 Å². The maximum absolute atomic E-state index is 9.72. The van der Waals surface area contributed by atoms with Crippen molar-refractivity contribution in [3.8, 4) is 17.2 Å². The molecule has 2 aromatic rings. The molecule has 1 heterocycles. The van der Waals surface area contributed by atoms with Gasteiger partial charge in [-0.3, -0.25) is 0 Å². The molecule has 90 valence electrons. The lowest BCUT2D eigenvalue weighted by Crippen LogP contribution is -2.04. The van der Waals surface area contributed by atoms with Crippen LogP contribution in [0.25, 0.3) is 5.76 Å². The summed E-state index contributed by atoms with van der Waals surface area (Å²) >= 11 is 0. The molecule has 0 bridgehead atoms. The van der Waals surface area contributed by atoms with Crippen molar-refractivity contribution in [3.05, 3.63) is 59.7 Å². The lowest BCUT2D eigenvalue weighted by Gasteiger charge is -2.19. The fourth-order valence-corrected chi connectivity index (χ4v) is 2.05. The van der Waals surface area contributed by atoms with E-state index in [1.807, 2.05) is 36.4 Å². The second-order valence-corrected chi connectivity index (χ2v) is 4.18. The number of aromatic hydroxyl groups is 2. The van der Waals surface area contributed by atoms with Crippen LogP contribution in [0.2, 0.25) is 0 Å². The summed E-state index contributed by atoms with van der Waals surface area (Å²) in [6.07, 6.45) is 2.51. The Bertz CT molecular complexity index is 615. The molecule has 0 radical (unpaired) electrons. The summed E-state index contributed by atoms with van der Waals surface area (Å²) in [5.41, 5.74) is 1.68. The molecule has 18 heavy (non-hydrogen) atoms. The molecule has 2 N–H and O–H groups in total. The lowest BCUT2D eigenvalue weighted by atomic mass is 10.0. The molecule has 3 rings (SSSR count). The summed E-state index contributed by atoms with van der Waals surface area (Å²) in [4.78, 5) is 0. The smallest absolute Gasteiger partial charge is 0.138 e. The standard InChI is InChI=1S/C15H12O3/c16-11-8-13(17)12-6-7-14(18-15(12)9-11)10-4-2-1-3-5-10/h1-5,7-9,16-17H,6H2. The Hall–Kier alpha value is -2.42. The van der Waals surface area contributed by atoms with Crippen LogP contribution in [0.1, 0.15) is 11.1 Å². The van der Waals surface area contributed by atoms with Crippen LogP contribution in [-0.4, -0.2) is 10.2 Å². The molecule has 3 heteroatoms. The highest BCUT2D eigenvalue weighted by molar-refractivity contribution is 5.67. The Balaban J connectivity index is 2.00. The molecule has 0 spiro atoms. The molecule has 0 aliphatic carbocycles. The third kappa shape index (κ3) is 1.80. The molecule has 2 aromatic carbocycles. The van der Waals surface area contributed by atoms with Gasteiger partial charge in [-0.05, 0) is 6.08 Å². The number of hydrogen-bond donors (Lipinski definition) is 2. The zero-order valence-electron chi connectivity index (χ0n) is 9.63. The number of benzene rings is 2. The van der Waals surface area contributed by atoms with E-state index in [2.05, 4.69) is 0 Å². The summed E-state index contributed by atoms with van der Waals surface area (Å²) in [6.45, 7) is 0. The van der Waals surface area contributed by atoms with Crippen molar-refractivity contribution in [3.63, 3.8) is 0 Å². The summed E-state index contributed by atoms with van der Waals surface area (Å²) < 4.78 is 5.72. The molecule has 0 amide bonds. The first kappa shape index (κ1) is 10.7. The number of ether oxygens (including phenoxy) is 1. The molecule has 0 saturated carbocycles. The van der Waals surface area contributed by atoms with Crippen molar-refractivity contribution in [2.45, 2.75) is 6.42 Å². The van der Waals surface area contributed by atoms with Gasteiger partial charge >= 0.3 is 0 Å². The first-order valence-electron chi connectivity index (χ1n) is 5.72. The predicted molar refractivity (Wildman–Crippen MR) is 68.5 cm³/mol. The maximum atomic E-state index is 9.72. The Labute approximate surface area is 105 Å². The average Bonchev–Trinajstić information content (AvgIpc) is 2.39. The number of rotatable bonds is 1. The van der Waals surface area contributed by atoms with E-state index in [4.69, 9.17) is 4.74 Å². The number of hydrogen-bond acceptors (Lipinski definition) is 3. The molecule has 3 nitrogen and oxygen atoms in total. The van der Waals surface area contributed by atoms with E-state index in [9.17, 15) is 10.2 Å². The lowest BCUT2D eigenvalue weighted by molar-refractivity contribution is 0.427. The highest BCUT2D eigenvalue weighted by Crippen LogP contribution is 2.38. The van der Waals surface area contributed by atoms with E-state index < -0.39 is 0 Å². The van der Waals surface area contributed by atoms with Gasteiger partial charge in [0.25, 0.3) is 0 Å². The van der Waals surface area contributed by atoms with E-state index in [0.29, 0.717) is 17.7 Å². The number of allylic oxidation sites excluding steroid dienone is 1. The Morgan fingerprint density at radius 1 is 1.00 bits per heavy atom. The maximum Gasteiger partial charge on any atom is 0.138 e.